The SMILES string of the molecule is COc1ccccc1Nc1cncc(C(=O)NC2CCCC2)c1. The molecule has 0 aliphatic heterocycles. The van der Waals surface area contributed by atoms with Gasteiger partial charge in [0.1, 0.15) is 5.75 Å². The van der Waals surface area contributed by atoms with Gasteiger partial charge in [0.2, 0.25) is 0 Å². The molecule has 1 aromatic carbocycles. The predicted octanol–water partition coefficient (Wildman–Crippen LogP) is 3.51. The molecule has 1 aliphatic rings. The molecule has 5 nitrogen and oxygen atoms in total. The number of hydrogen-bond donors (Lipinski definition) is 2. The van der Waals surface area contributed by atoms with Crippen LogP contribution < -0.4 is 15.4 Å². The molecular weight excluding hydrogens is 290 g/mol. The van der Waals surface area contributed by atoms with Crippen molar-refractivity contribution in [2.45, 2.75) is 31.7 Å². The number of carbonyl (C=O) groups excluding carboxylic acids is 1. The Hall–Kier alpha value is -2.56. The Morgan fingerprint density at radius 1 is 1.22 bits per heavy atom. The molecule has 1 heterocycles. The highest BCUT2D eigenvalue weighted by atomic mass is 16.5. The van der Waals surface area contributed by atoms with Crippen LogP contribution in [0.4, 0.5) is 11.4 Å². The molecule has 2 aromatic rings. The molecule has 0 unspecified atom stereocenters. The number of carbonyl (C=O) groups is 1. The lowest BCUT2D eigenvalue weighted by molar-refractivity contribution is 0.0937. The van der Waals surface area contributed by atoms with Gasteiger partial charge in [-0.25, -0.2) is 0 Å². The van der Waals surface area contributed by atoms with Crippen LogP contribution >= 0.6 is 0 Å². The number of rotatable bonds is 5. The molecule has 0 radical (unpaired) electrons. The van der Waals surface area contributed by atoms with Crippen LogP contribution in [0.25, 0.3) is 0 Å². The Bertz CT molecular complexity index is 681. The van der Waals surface area contributed by atoms with Gasteiger partial charge >= 0.3 is 0 Å². The van der Waals surface area contributed by atoms with Gasteiger partial charge in [-0.05, 0) is 31.0 Å². The normalized spacial score (nSPS) is 14.5. The number of pyridine rings is 1. The number of ether oxygens (including phenoxy) is 1. The van der Waals surface area contributed by atoms with Gasteiger partial charge in [0, 0.05) is 12.2 Å². The largest absolute Gasteiger partial charge is 0.495 e. The molecule has 0 spiro atoms. The molecule has 120 valence electrons. The summed E-state index contributed by atoms with van der Waals surface area (Å²) in [6, 6.07) is 9.75. The van der Waals surface area contributed by atoms with Crippen LogP contribution in [0.2, 0.25) is 0 Å². The zero-order valence-corrected chi connectivity index (χ0v) is 13.2. The molecule has 1 saturated carbocycles. The summed E-state index contributed by atoms with van der Waals surface area (Å²) in [7, 11) is 1.63. The Balaban J connectivity index is 1.73. The first-order valence-electron chi connectivity index (χ1n) is 7.92. The van der Waals surface area contributed by atoms with Crippen LogP contribution in [0.1, 0.15) is 36.0 Å². The van der Waals surface area contributed by atoms with Gasteiger partial charge in [-0.1, -0.05) is 25.0 Å². The minimum atomic E-state index is -0.0620. The van der Waals surface area contributed by atoms with Crippen LogP contribution in [-0.4, -0.2) is 24.0 Å². The summed E-state index contributed by atoms with van der Waals surface area (Å²) in [5.74, 6) is 0.682. The van der Waals surface area contributed by atoms with Crippen LogP contribution in [0.3, 0.4) is 0 Å². The first kappa shape index (κ1) is 15.3. The maximum Gasteiger partial charge on any atom is 0.253 e. The summed E-state index contributed by atoms with van der Waals surface area (Å²) < 4.78 is 5.32. The van der Waals surface area contributed by atoms with E-state index in [1.807, 2.05) is 30.3 Å². The van der Waals surface area contributed by atoms with Crippen LogP contribution in [0.15, 0.2) is 42.7 Å². The molecule has 1 amide bonds. The first-order valence-corrected chi connectivity index (χ1v) is 7.92. The maximum absolute atomic E-state index is 12.3. The van der Waals surface area contributed by atoms with Crippen LogP contribution in [0.5, 0.6) is 5.75 Å². The Morgan fingerprint density at radius 3 is 2.78 bits per heavy atom. The van der Waals surface area contributed by atoms with Crippen molar-refractivity contribution in [3.05, 3.63) is 48.3 Å². The summed E-state index contributed by atoms with van der Waals surface area (Å²) in [4.78, 5) is 16.5. The lowest BCUT2D eigenvalue weighted by Gasteiger charge is -2.13. The fourth-order valence-corrected chi connectivity index (χ4v) is 2.87. The quantitative estimate of drug-likeness (QED) is 0.887. The van der Waals surface area contributed by atoms with Crippen molar-refractivity contribution in [3.8, 4) is 5.75 Å². The second kappa shape index (κ2) is 7.13. The molecule has 2 N–H and O–H groups in total. The Kier molecular flexibility index (Phi) is 4.76. The van der Waals surface area contributed by atoms with Crippen molar-refractivity contribution in [2.24, 2.45) is 0 Å². The molecule has 1 fully saturated rings. The van der Waals surface area contributed by atoms with Crippen molar-refractivity contribution in [1.82, 2.24) is 10.3 Å². The summed E-state index contributed by atoms with van der Waals surface area (Å²) in [6.45, 7) is 0. The molecule has 23 heavy (non-hydrogen) atoms. The van der Waals surface area contributed by atoms with Crippen molar-refractivity contribution >= 4 is 17.3 Å². The average molecular weight is 311 g/mol. The van der Waals surface area contributed by atoms with Gasteiger partial charge < -0.3 is 15.4 Å². The minimum absolute atomic E-state index is 0.0620. The van der Waals surface area contributed by atoms with E-state index >= 15 is 0 Å². The number of aromatic nitrogens is 1. The van der Waals surface area contributed by atoms with E-state index in [4.69, 9.17) is 4.74 Å². The number of para-hydroxylation sites is 2. The van der Waals surface area contributed by atoms with Crippen LogP contribution in [-0.2, 0) is 0 Å². The third-order valence-corrected chi connectivity index (χ3v) is 4.08. The number of benzene rings is 1. The van der Waals surface area contributed by atoms with E-state index < -0.39 is 0 Å². The van der Waals surface area contributed by atoms with Gasteiger partial charge in [0.25, 0.3) is 5.91 Å². The summed E-state index contributed by atoms with van der Waals surface area (Å²) >= 11 is 0. The van der Waals surface area contributed by atoms with Crippen molar-refractivity contribution in [3.63, 3.8) is 0 Å². The standard InChI is InChI=1S/C18H21N3O2/c1-23-17-9-5-4-8-16(17)20-15-10-13(11-19-12-15)18(22)21-14-6-2-3-7-14/h4-5,8-12,14,20H,2-3,6-7H2,1H3,(H,21,22). The van der Waals surface area contributed by atoms with Gasteiger partial charge in [0.15, 0.2) is 0 Å². The highest BCUT2D eigenvalue weighted by molar-refractivity contribution is 5.95. The number of anilines is 2. The monoisotopic (exact) mass is 311 g/mol. The second-order valence-corrected chi connectivity index (χ2v) is 5.74. The van der Waals surface area contributed by atoms with Gasteiger partial charge in [-0.2, -0.15) is 0 Å². The van der Waals surface area contributed by atoms with Crippen molar-refractivity contribution < 1.29 is 9.53 Å². The third kappa shape index (κ3) is 3.80. The zero-order chi connectivity index (χ0) is 16.1. The summed E-state index contributed by atoms with van der Waals surface area (Å²) in [6.07, 6.45) is 7.81. The van der Waals surface area contributed by atoms with E-state index in [0.717, 1.165) is 30.0 Å². The summed E-state index contributed by atoms with van der Waals surface area (Å²) in [5.41, 5.74) is 2.16. The molecular formula is C18H21N3O2. The topological polar surface area (TPSA) is 63.2 Å². The fraction of sp³-hybridized carbons (Fsp3) is 0.333. The lowest BCUT2D eigenvalue weighted by atomic mass is 10.2. The lowest BCUT2D eigenvalue weighted by Crippen LogP contribution is -2.32. The number of hydrogen-bond acceptors (Lipinski definition) is 4. The zero-order valence-electron chi connectivity index (χ0n) is 13.2. The Labute approximate surface area is 136 Å². The fourth-order valence-electron chi connectivity index (χ4n) is 2.87. The Morgan fingerprint density at radius 2 is 2.00 bits per heavy atom. The van der Waals surface area contributed by atoms with E-state index in [0.29, 0.717) is 11.6 Å². The number of methoxy groups -OCH3 is 1. The van der Waals surface area contributed by atoms with E-state index in [2.05, 4.69) is 15.6 Å². The van der Waals surface area contributed by atoms with E-state index in [1.54, 1.807) is 19.5 Å². The molecule has 1 aliphatic carbocycles. The first-order chi connectivity index (χ1) is 11.3. The smallest absolute Gasteiger partial charge is 0.253 e. The third-order valence-electron chi connectivity index (χ3n) is 4.08. The molecule has 0 saturated heterocycles. The number of amides is 1. The molecule has 0 atom stereocenters. The minimum Gasteiger partial charge on any atom is -0.495 e. The predicted molar refractivity (Wildman–Crippen MR) is 90.2 cm³/mol. The van der Waals surface area contributed by atoms with Gasteiger partial charge in [-0.15, -0.1) is 0 Å². The van der Waals surface area contributed by atoms with E-state index in [-0.39, 0.29) is 5.91 Å². The number of nitrogens with one attached hydrogen (secondary N) is 2. The highest BCUT2D eigenvalue weighted by Crippen LogP contribution is 2.27. The van der Waals surface area contributed by atoms with E-state index in [9.17, 15) is 4.79 Å². The van der Waals surface area contributed by atoms with Gasteiger partial charge in [0.05, 0.1) is 30.2 Å². The average Bonchev–Trinajstić information content (AvgIpc) is 3.08. The second-order valence-electron chi connectivity index (χ2n) is 5.74. The molecule has 0 bridgehead atoms. The van der Waals surface area contributed by atoms with Gasteiger partial charge in [-0.3, -0.25) is 9.78 Å². The molecule has 5 heteroatoms. The maximum atomic E-state index is 12.3. The van der Waals surface area contributed by atoms with E-state index in [1.165, 1.54) is 12.8 Å². The van der Waals surface area contributed by atoms with Crippen molar-refractivity contribution in [1.29, 1.82) is 0 Å². The molecule has 3 rings (SSSR count). The molecule has 1 aromatic heterocycles. The highest BCUT2D eigenvalue weighted by Gasteiger charge is 2.18. The van der Waals surface area contributed by atoms with Crippen molar-refractivity contribution in [2.75, 3.05) is 12.4 Å². The van der Waals surface area contributed by atoms with Crippen LogP contribution in [0, 0.1) is 0 Å². The summed E-state index contributed by atoms with van der Waals surface area (Å²) in [5, 5.41) is 6.32. The number of nitrogens with zero attached hydrogens (tertiary/aromatic N) is 1.